The maximum absolute atomic E-state index is 12.3. The average Bonchev–Trinajstić information content (AvgIpc) is 2.60. The molecule has 24 heavy (non-hydrogen) atoms. The van der Waals surface area contributed by atoms with Gasteiger partial charge in [-0.05, 0) is 49.4 Å². The van der Waals surface area contributed by atoms with Crippen molar-refractivity contribution in [3.63, 3.8) is 0 Å². The molecule has 2 aromatic carbocycles. The van der Waals surface area contributed by atoms with Crippen molar-refractivity contribution in [2.45, 2.75) is 32.2 Å². The van der Waals surface area contributed by atoms with E-state index in [4.69, 9.17) is 0 Å². The highest BCUT2D eigenvalue weighted by Gasteiger charge is 2.21. The minimum absolute atomic E-state index is 0.0142. The van der Waals surface area contributed by atoms with E-state index in [0.717, 1.165) is 19.3 Å². The first-order chi connectivity index (χ1) is 11.6. The van der Waals surface area contributed by atoms with Crippen LogP contribution in [0, 0.1) is 0 Å². The standard InChI is InChI=1S/C20H22N2O2/c1-14(23)16-9-4-5-11-18(16)21-13-20(24)22-19-12-6-8-15-7-2-3-10-17(15)19/h2-5,7,9-11,19,21H,6,8,12-13H2,1H3,(H,22,24)/t19-/m1/s1. The molecule has 1 amide bonds. The highest BCUT2D eigenvalue weighted by atomic mass is 16.2. The Morgan fingerprint density at radius 2 is 1.83 bits per heavy atom. The first-order valence-electron chi connectivity index (χ1n) is 8.36. The lowest BCUT2D eigenvalue weighted by molar-refractivity contribution is -0.120. The SMILES string of the molecule is CC(=O)c1ccccc1NCC(=O)N[C@@H]1CCCc2ccccc21. The minimum atomic E-state index is -0.0601. The predicted octanol–water partition coefficient (Wildman–Crippen LogP) is 3.49. The van der Waals surface area contributed by atoms with Crippen LogP contribution < -0.4 is 10.6 Å². The van der Waals surface area contributed by atoms with Gasteiger partial charge in [0.1, 0.15) is 0 Å². The lowest BCUT2D eigenvalue weighted by Crippen LogP contribution is -2.35. The Kier molecular flexibility index (Phi) is 4.94. The van der Waals surface area contributed by atoms with Gasteiger partial charge in [-0.2, -0.15) is 0 Å². The van der Waals surface area contributed by atoms with Crippen molar-refractivity contribution in [2.75, 3.05) is 11.9 Å². The van der Waals surface area contributed by atoms with E-state index in [0.29, 0.717) is 11.3 Å². The monoisotopic (exact) mass is 322 g/mol. The third-order valence-electron chi connectivity index (χ3n) is 4.45. The van der Waals surface area contributed by atoms with Gasteiger partial charge < -0.3 is 10.6 Å². The Morgan fingerprint density at radius 1 is 1.08 bits per heavy atom. The van der Waals surface area contributed by atoms with Crippen molar-refractivity contribution in [2.24, 2.45) is 0 Å². The summed E-state index contributed by atoms with van der Waals surface area (Å²) in [7, 11) is 0. The second-order valence-corrected chi connectivity index (χ2v) is 6.17. The number of carbonyl (C=O) groups excluding carboxylic acids is 2. The molecule has 0 aliphatic heterocycles. The highest BCUT2D eigenvalue weighted by molar-refractivity contribution is 6.00. The average molecular weight is 322 g/mol. The molecule has 0 unspecified atom stereocenters. The number of anilines is 1. The summed E-state index contributed by atoms with van der Waals surface area (Å²) in [6.07, 6.45) is 3.13. The summed E-state index contributed by atoms with van der Waals surface area (Å²) in [6, 6.07) is 15.6. The number of hydrogen-bond donors (Lipinski definition) is 2. The predicted molar refractivity (Wildman–Crippen MR) is 95.2 cm³/mol. The Balaban J connectivity index is 1.62. The van der Waals surface area contributed by atoms with Gasteiger partial charge in [-0.1, -0.05) is 36.4 Å². The van der Waals surface area contributed by atoms with E-state index in [1.165, 1.54) is 18.1 Å². The Bertz CT molecular complexity index is 755. The second-order valence-electron chi connectivity index (χ2n) is 6.17. The molecular formula is C20H22N2O2. The van der Waals surface area contributed by atoms with E-state index < -0.39 is 0 Å². The molecule has 0 radical (unpaired) electrons. The zero-order valence-corrected chi connectivity index (χ0v) is 13.8. The van der Waals surface area contributed by atoms with Crippen molar-refractivity contribution in [3.8, 4) is 0 Å². The van der Waals surface area contributed by atoms with Crippen molar-refractivity contribution in [3.05, 3.63) is 65.2 Å². The molecule has 0 spiro atoms. The molecule has 0 saturated heterocycles. The number of rotatable bonds is 5. The molecule has 3 rings (SSSR count). The van der Waals surface area contributed by atoms with Crippen LogP contribution in [0.15, 0.2) is 48.5 Å². The Morgan fingerprint density at radius 3 is 2.67 bits per heavy atom. The van der Waals surface area contributed by atoms with E-state index in [-0.39, 0.29) is 24.3 Å². The topological polar surface area (TPSA) is 58.2 Å². The summed E-state index contributed by atoms with van der Waals surface area (Å²) >= 11 is 0. The van der Waals surface area contributed by atoms with Gasteiger partial charge in [0.25, 0.3) is 0 Å². The van der Waals surface area contributed by atoms with Gasteiger partial charge in [0.15, 0.2) is 5.78 Å². The number of carbonyl (C=O) groups is 2. The lowest BCUT2D eigenvalue weighted by atomic mass is 9.88. The molecule has 1 aliphatic carbocycles. The van der Waals surface area contributed by atoms with Gasteiger partial charge in [0.2, 0.25) is 5.91 Å². The van der Waals surface area contributed by atoms with Crippen molar-refractivity contribution in [1.82, 2.24) is 5.32 Å². The Hall–Kier alpha value is -2.62. The molecule has 0 heterocycles. The summed E-state index contributed by atoms with van der Waals surface area (Å²) in [4.78, 5) is 23.9. The Labute approximate surface area is 142 Å². The summed E-state index contributed by atoms with van der Waals surface area (Å²) in [5, 5.41) is 6.18. The van der Waals surface area contributed by atoms with Crippen LogP contribution in [0.25, 0.3) is 0 Å². The maximum Gasteiger partial charge on any atom is 0.239 e. The van der Waals surface area contributed by atoms with E-state index in [1.54, 1.807) is 6.07 Å². The van der Waals surface area contributed by atoms with Gasteiger partial charge in [-0.15, -0.1) is 0 Å². The number of benzene rings is 2. The summed E-state index contributed by atoms with van der Waals surface area (Å²) in [6.45, 7) is 1.68. The van der Waals surface area contributed by atoms with Crippen LogP contribution in [-0.4, -0.2) is 18.2 Å². The van der Waals surface area contributed by atoms with Crippen LogP contribution in [0.3, 0.4) is 0 Å². The number of Topliss-reactive ketones (excluding diaryl/α,β-unsaturated/α-hetero) is 1. The molecule has 124 valence electrons. The van der Waals surface area contributed by atoms with E-state index in [2.05, 4.69) is 22.8 Å². The molecule has 0 saturated carbocycles. The number of amides is 1. The third-order valence-corrected chi connectivity index (χ3v) is 4.45. The zero-order valence-electron chi connectivity index (χ0n) is 13.8. The number of fused-ring (bicyclic) bond motifs is 1. The quantitative estimate of drug-likeness (QED) is 0.828. The second kappa shape index (κ2) is 7.30. The molecule has 1 aliphatic rings. The summed E-state index contributed by atoms with van der Waals surface area (Å²) < 4.78 is 0. The number of hydrogen-bond acceptors (Lipinski definition) is 3. The van der Waals surface area contributed by atoms with Crippen LogP contribution >= 0.6 is 0 Å². The largest absolute Gasteiger partial charge is 0.376 e. The molecule has 4 heteroatoms. The fraction of sp³-hybridized carbons (Fsp3) is 0.300. The van der Waals surface area contributed by atoms with Crippen molar-refractivity contribution < 1.29 is 9.59 Å². The molecule has 4 nitrogen and oxygen atoms in total. The van der Waals surface area contributed by atoms with Crippen LogP contribution in [0.5, 0.6) is 0 Å². The molecule has 0 aromatic heterocycles. The molecule has 1 atom stereocenters. The van der Waals surface area contributed by atoms with Gasteiger partial charge in [0, 0.05) is 11.3 Å². The van der Waals surface area contributed by atoms with Gasteiger partial charge in [-0.3, -0.25) is 9.59 Å². The first-order valence-corrected chi connectivity index (χ1v) is 8.36. The first kappa shape index (κ1) is 16.2. The third kappa shape index (κ3) is 3.65. The number of para-hydroxylation sites is 1. The van der Waals surface area contributed by atoms with Gasteiger partial charge in [-0.25, -0.2) is 0 Å². The smallest absolute Gasteiger partial charge is 0.239 e. The van der Waals surface area contributed by atoms with E-state index in [9.17, 15) is 9.59 Å². The fourth-order valence-electron chi connectivity index (χ4n) is 3.27. The van der Waals surface area contributed by atoms with Crippen LogP contribution in [-0.2, 0) is 11.2 Å². The molecule has 2 aromatic rings. The van der Waals surface area contributed by atoms with Gasteiger partial charge in [0.05, 0.1) is 12.6 Å². The number of ketones is 1. The van der Waals surface area contributed by atoms with E-state index >= 15 is 0 Å². The van der Waals surface area contributed by atoms with Crippen molar-refractivity contribution in [1.29, 1.82) is 0 Å². The number of aryl methyl sites for hydroxylation is 1. The summed E-state index contributed by atoms with van der Waals surface area (Å²) in [5.41, 5.74) is 3.85. The summed E-state index contributed by atoms with van der Waals surface area (Å²) in [5.74, 6) is -0.0743. The molecular weight excluding hydrogens is 300 g/mol. The fourth-order valence-corrected chi connectivity index (χ4v) is 3.27. The van der Waals surface area contributed by atoms with Crippen LogP contribution in [0.2, 0.25) is 0 Å². The number of nitrogens with one attached hydrogen (secondary N) is 2. The van der Waals surface area contributed by atoms with Crippen LogP contribution in [0.1, 0.15) is 47.3 Å². The normalized spacial score (nSPS) is 16.1. The maximum atomic E-state index is 12.3. The van der Waals surface area contributed by atoms with Crippen LogP contribution in [0.4, 0.5) is 5.69 Å². The lowest BCUT2D eigenvalue weighted by Gasteiger charge is -2.26. The zero-order chi connectivity index (χ0) is 16.9. The van der Waals surface area contributed by atoms with Gasteiger partial charge >= 0.3 is 0 Å². The van der Waals surface area contributed by atoms with E-state index in [1.807, 2.05) is 30.3 Å². The minimum Gasteiger partial charge on any atom is -0.376 e. The molecule has 2 N–H and O–H groups in total. The highest BCUT2D eigenvalue weighted by Crippen LogP contribution is 2.29. The molecule has 0 bridgehead atoms. The molecule has 0 fully saturated rings. The van der Waals surface area contributed by atoms with Crippen molar-refractivity contribution >= 4 is 17.4 Å².